The molecule has 0 spiro atoms. The van der Waals surface area contributed by atoms with Crippen molar-refractivity contribution in [2.75, 3.05) is 0 Å². The van der Waals surface area contributed by atoms with E-state index in [2.05, 4.69) is 9.55 Å². The average Bonchev–Trinajstić information content (AvgIpc) is 2.96. The van der Waals surface area contributed by atoms with E-state index in [0.717, 1.165) is 25.7 Å². The minimum atomic E-state index is 0.223. The Labute approximate surface area is 95.9 Å². The summed E-state index contributed by atoms with van der Waals surface area (Å²) >= 11 is 0. The molecule has 1 unspecified atom stereocenters. The first-order valence-electron chi connectivity index (χ1n) is 6.38. The van der Waals surface area contributed by atoms with E-state index in [9.17, 15) is 4.79 Å². The maximum absolute atomic E-state index is 10.8. The molecule has 1 aliphatic carbocycles. The normalized spacial score (nSPS) is 25.6. The molecule has 0 N–H and O–H groups in total. The van der Waals surface area contributed by atoms with Crippen molar-refractivity contribution in [1.29, 1.82) is 0 Å². The van der Waals surface area contributed by atoms with Gasteiger partial charge in [0.05, 0.1) is 0 Å². The maximum Gasteiger partial charge on any atom is 0.123 e. The Kier molecular flexibility index (Phi) is 2.54. The van der Waals surface area contributed by atoms with E-state index in [-0.39, 0.29) is 5.92 Å². The molecule has 1 saturated carbocycles. The summed E-state index contributed by atoms with van der Waals surface area (Å²) in [7, 11) is 0. The van der Waals surface area contributed by atoms with Crippen LogP contribution in [-0.4, -0.2) is 15.8 Å². The molecule has 1 aliphatic heterocycles. The van der Waals surface area contributed by atoms with Gasteiger partial charge in [0.15, 0.2) is 0 Å². The summed E-state index contributed by atoms with van der Waals surface area (Å²) in [6, 6.07) is 0. The molecule has 86 valence electrons. The zero-order valence-corrected chi connectivity index (χ0v) is 9.56. The summed E-state index contributed by atoms with van der Waals surface area (Å²) in [4.78, 5) is 15.4. The lowest BCUT2D eigenvalue weighted by Crippen LogP contribution is -2.21. The van der Waals surface area contributed by atoms with Crippen molar-refractivity contribution in [3.05, 3.63) is 17.7 Å². The third kappa shape index (κ3) is 1.58. The second-order valence-corrected chi connectivity index (χ2v) is 5.13. The Morgan fingerprint density at radius 2 is 2.12 bits per heavy atom. The largest absolute Gasteiger partial charge is 0.332 e. The van der Waals surface area contributed by atoms with Crippen LogP contribution in [0.4, 0.5) is 0 Å². The monoisotopic (exact) mass is 218 g/mol. The third-order valence-corrected chi connectivity index (χ3v) is 4.08. The number of nitrogens with zero attached hydrogens (tertiary/aromatic N) is 2. The lowest BCUT2D eigenvalue weighted by molar-refractivity contribution is -0.111. The van der Waals surface area contributed by atoms with Gasteiger partial charge in [0, 0.05) is 30.3 Å². The molecule has 1 aromatic rings. The first-order valence-corrected chi connectivity index (χ1v) is 6.38. The third-order valence-electron chi connectivity index (χ3n) is 4.08. The van der Waals surface area contributed by atoms with Gasteiger partial charge in [0.1, 0.15) is 12.1 Å². The first kappa shape index (κ1) is 10.1. The number of hydrogen-bond acceptors (Lipinski definition) is 2. The lowest BCUT2D eigenvalue weighted by atomic mass is 9.97. The Bertz CT molecular complexity index is 391. The van der Waals surface area contributed by atoms with Gasteiger partial charge in [0.25, 0.3) is 0 Å². The molecule has 0 aromatic carbocycles. The van der Waals surface area contributed by atoms with Gasteiger partial charge in [-0.1, -0.05) is 12.8 Å². The molecule has 1 atom stereocenters. The Morgan fingerprint density at radius 1 is 1.31 bits per heavy atom. The molecule has 1 aromatic heterocycles. The molecular formula is C13H18N2O. The van der Waals surface area contributed by atoms with Crippen molar-refractivity contribution < 1.29 is 4.79 Å². The first-order chi connectivity index (χ1) is 7.88. The van der Waals surface area contributed by atoms with E-state index < -0.39 is 0 Å². The summed E-state index contributed by atoms with van der Waals surface area (Å²) < 4.78 is 2.37. The van der Waals surface area contributed by atoms with Crippen molar-refractivity contribution in [2.45, 2.75) is 51.0 Å². The van der Waals surface area contributed by atoms with Gasteiger partial charge in [-0.3, -0.25) is 0 Å². The summed E-state index contributed by atoms with van der Waals surface area (Å²) in [5.41, 5.74) is 1.27. The molecule has 0 saturated heterocycles. The van der Waals surface area contributed by atoms with Gasteiger partial charge in [-0.05, 0) is 25.7 Å². The molecule has 16 heavy (non-hydrogen) atoms. The Morgan fingerprint density at radius 3 is 2.88 bits per heavy atom. The van der Waals surface area contributed by atoms with Gasteiger partial charge in [0.2, 0.25) is 0 Å². The zero-order chi connectivity index (χ0) is 11.0. The molecule has 2 heterocycles. The van der Waals surface area contributed by atoms with Crippen LogP contribution < -0.4 is 0 Å². The van der Waals surface area contributed by atoms with Crippen LogP contribution in [-0.2, 0) is 17.8 Å². The van der Waals surface area contributed by atoms with Crippen molar-refractivity contribution in [2.24, 2.45) is 5.92 Å². The van der Waals surface area contributed by atoms with Crippen molar-refractivity contribution in [1.82, 2.24) is 9.55 Å². The number of imidazole rings is 1. The fraction of sp³-hybridized carbons (Fsp3) is 0.692. The highest BCUT2D eigenvalue weighted by atomic mass is 16.1. The lowest BCUT2D eigenvalue weighted by Gasteiger charge is -2.22. The SMILES string of the molecule is O=CC1CCn2c(cnc2C2CCCC2)C1. The van der Waals surface area contributed by atoms with Crippen molar-refractivity contribution in [3.63, 3.8) is 0 Å². The number of aldehydes is 1. The number of hydrogen-bond donors (Lipinski definition) is 0. The van der Waals surface area contributed by atoms with Crippen LogP contribution in [0.2, 0.25) is 0 Å². The summed E-state index contributed by atoms with van der Waals surface area (Å²) in [5.74, 6) is 2.19. The number of rotatable bonds is 2. The highest BCUT2D eigenvalue weighted by molar-refractivity contribution is 5.54. The van der Waals surface area contributed by atoms with Gasteiger partial charge >= 0.3 is 0 Å². The summed E-state index contributed by atoms with van der Waals surface area (Å²) in [6.45, 7) is 0.991. The number of carbonyl (C=O) groups excluding carboxylic acids is 1. The van der Waals surface area contributed by atoms with E-state index in [1.807, 2.05) is 6.20 Å². The summed E-state index contributed by atoms with van der Waals surface area (Å²) in [6.07, 6.45) is 10.3. The van der Waals surface area contributed by atoms with Crippen LogP contribution in [0.1, 0.15) is 49.5 Å². The van der Waals surface area contributed by atoms with Gasteiger partial charge < -0.3 is 9.36 Å². The van der Waals surface area contributed by atoms with E-state index in [1.165, 1.54) is 37.2 Å². The van der Waals surface area contributed by atoms with Crippen LogP contribution in [0.5, 0.6) is 0 Å². The molecule has 1 fully saturated rings. The molecule has 2 aliphatic rings. The van der Waals surface area contributed by atoms with E-state index in [4.69, 9.17) is 0 Å². The fourth-order valence-electron chi connectivity index (χ4n) is 3.14. The van der Waals surface area contributed by atoms with Crippen LogP contribution in [0.25, 0.3) is 0 Å². The van der Waals surface area contributed by atoms with Gasteiger partial charge in [-0.25, -0.2) is 4.98 Å². The molecule has 3 heteroatoms. The number of aromatic nitrogens is 2. The van der Waals surface area contributed by atoms with Crippen molar-refractivity contribution in [3.8, 4) is 0 Å². The van der Waals surface area contributed by atoms with Crippen LogP contribution in [0.15, 0.2) is 6.20 Å². The Balaban J connectivity index is 1.87. The van der Waals surface area contributed by atoms with E-state index in [0.29, 0.717) is 5.92 Å². The minimum Gasteiger partial charge on any atom is -0.332 e. The fourth-order valence-corrected chi connectivity index (χ4v) is 3.14. The quantitative estimate of drug-likeness (QED) is 0.714. The van der Waals surface area contributed by atoms with Gasteiger partial charge in [-0.2, -0.15) is 0 Å². The molecule has 3 rings (SSSR count). The zero-order valence-electron chi connectivity index (χ0n) is 9.56. The van der Waals surface area contributed by atoms with Crippen LogP contribution in [0.3, 0.4) is 0 Å². The Hall–Kier alpha value is -1.12. The molecular weight excluding hydrogens is 200 g/mol. The second-order valence-electron chi connectivity index (χ2n) is 5.13. The van der Waals surface area contributed by atoms with E-state index in [1.54, 1.807) is 0 Å². The highest BCUT2D eigenvalue weighted by Gasteiger charge is 2.26. The van der Waals surface area contributed by atoms with Crippen molar-refractivity contribution >= 4 is 6.29 Å². The second kappa shape index (κ2) is 4.04. The summed E-state index contributed by atoms with van der Waals surface area (Å²) in [5, 5.41) is 0. The smallest absolute Gasteiger partial charge is 0.123 e. The van der Waals surface area contributed by atoms with E-state index >= 15 is 0 Å². The predicted octanol–water partition coefficient (Wildman–Crippen LogP) is 2.30. The predicted molar refractivity (Wildman–Crippen MR) is 61.3 cm³/mol. The standard InChI is InChI=1S/C13H18N2O/c16-9-10-5-6-15-12(7-10)8-14-13(15)11-3-1-2-4-11/h8-11H,1-7H2. The number of fused-ring (bicyclic) bond motifs is 1. The maximum atomic E-state index is 10.8. The molecule has 0 amide bonds. The highest BCUT2D eigenvalue weighted by Crippen LogP contribution is 2.35. The van der Waals surface area contributed by atoms with Gasteiger partial charge in [-0.15, -0.1) is 0 Å². The number of carbonyl (C=O) groups is 1. The molecule has 3 nitrogen and oxygen atoms in total. The minimum absolute atomic E-state index is 0.223. The average molecular weight is 218 g/mol. The van der Waals surface area contributed by atoms with Crippen LogP contribution in [0, 0.1) is 5.92 Å². The topological polar surface area (TPSA) is 34.9 Å². The van der Waals surface area contributed by atoms with Crippen LogP contribution >= 0.6 is 0 Å². The molecule has 0 radical (unpaired) electrons. The molecule has 0 bridgehead atoms.